The molecular weight excluding hydrogens is 332 g/mol. The number of hydrogen-bond acceptors (Lipinski definition) is 3. The molecule has 0 atom stereocenters. The van der Waals surface area contributed by atoms with Crippen molar-refractivity contribution in [3.8, 4) is 0 Å². The van der Waals surface area contributed by atoms with Crippen LogP contribution in [0.1, 0.15) is 16.8 Å². The maximum Gasteiger partial charge on any atom is 0.257 e. The molecule has 2 rings (SSSR count). The van der Waals surface area contributed by atoms with Crippen LogP contribution in [0.5, 0.6) is 0 Å². The normalized spacial score (nSPS) is 10.2. The fraction of sp³-hybridized carbons (Fsp3) is 0.176. The number of para-hydroxylation sites is 1. The minimum Gasteiger partial charge on any atom is -0.325 e. The van der Waals surface area contributed by atoms with Crippen molar-refractivity contribution in [2.75, 3.05) is 22.6 Å². The predicted octanol–water partition coefficient (Wildman–Crippen LogP) is 4.28. The van der Waals surface area contributed by atoms with Crippen molar-refractivity contribution in [2.45, 2.75) is 6.42 Å². The van der Waals surface area contributed by atoms with E-state index in [9.17, 15) is 9.59 Å². The van der Waals surface area contributed by atoms with Crippen LogP contribution in [-0.4, -0.2) is 23.8 Å². The van der Waals surface area contributed by atoms with Crippen LogP contribution in [0.15, 0.2) is 48.5 Å². The van der Waals surface area contributed by atoms with Crippen LogP contribution in [0.25, 0.3) is 0 Å². The van der Waals surface area contributed by atoms with Crippen LogP contribution in [0, 0.1) is 0 Å². The highest BCUT2D eigenvalue weighted by molar-refractivity contribution is 7.98. The highest BCUT2D eigenvalue weighted by Gasteiger charge is 2.13. The zero-order valence-electron chi connectivity index (χ0n) is 12.6. The predicted molar refractivity (Wildman–Crippen MR) is 97.5 cm³/mol. The van der Waals surface area contributed by atoms with Gasteiger partial charge in [0.1, 0.15) is 0 Å². The lowest BCUT2D eigenvalue weighted by Crippen LogP contribution is -2.18. The molecule has 2 N–H and O–H groups in total. The quantitative estimate of drug-likeness (QED) is 0.819. The van der Waals surface area contributed by atoms with Gasteiger partial charge in [0, 0.05) is 22.9 Å². The Hall–Kier alpha value is -1.98. The van der Waals surface area contributed by atoms with Gasteiger partial charge < -0.3 is 10.6 Å². The van der Waals surface area contributed by atoms with E-state index in [0.29, 0.717) is 28.4 Å². The van der Waals surface area contributed by atoms with Crippen molar-refractivity contribution in [3.05, 3.63) is 59.1 Å². The molecule has 0 unspecified atom stereocenters. The van der Waals surface area contributed by atoms with Crippen LogP contribution in [0.4, 0.5) is 11.4 Å². The molecule has 0 heterocycles. The minimum absolute atomic E-state index is 0.109. The van der Waals surface area contributed by atoms with E-state index in [2.05, 4.69) is 10.6 Å². The van der Waals surface area contributed by atoms with Crippen molar-refractivity contribution in [2.24, 2.45) is 0 Å². The maximum atomic E-state index is 12.4. The number of amides is 2. The Morgan fingerprint density at radius 1 is 1.09 bits per heavy atom. The van der Waals surface area contributed by atoms with E-state index in [0.717, 1.165) is 5.75 Å². The van der Waals surface area contributed by atoms with Gasteiger partial charge >= 0.3 is 0 Å². The summed E-state index contributed by atoms with van der Waals surface area (Å²) in [6.45, 7) is 0. The summed E-state index contributed by atoms with van der Waals surface area (Å²) in [7, 11) is 0. The third kappa shape index (κ3) is 5.30. The van der Waals surface area contributed by atoms with Crippen LogP contribution >= 0.6 is 23.4 Å². The summed E-state index contributed by atoms with van der Waals surface area (Å²) in [5.41, 5.74) is 1.51. The van der Waals surface area contributed by atoms with Crippen LogP contribution in [0.2, 0.25) is 5.02 Å². The van der Waals surface area contributed by atoms with Crippen LogP contribution in [0.3, 0.4) is 0 Å². The lowest BCUT2D eigenvalue weighted by Gasteiger charge is -2.11. The Morgan fingerprint density at radius 3 is 2.61 bits per heavy atom. The summed E-state index contributed by atoms with van der Waals surface area (Å²) >= 11 is 7.51. The van der Waals surface area contributed by atoms with E-state index in [1.807, 2.05) is 6.26 Å². The third-order valence-electron chi connectivity index (χ3n) is 3.06. The van der Waals surface area contributed by atoms with Gasteiger partial charge in [-0.25, -0.2) is 0 Å². The molecule has 0 aromatic heterocycles. The first-order valence-corrected chi connectivity index (χ1v) is 8.82. The highest BCUT2D eigenvalue weighted by Crippen LogP contribution is 2.19. The molecule has 2 aromatic rings. The van der Waals surface area contributed by atoms with Crippen LogP contribution in [-0.2, 0) is 4.79 Å². The standard InChI is InChI=1S/C17H17ClN2O2S/c1-23-10-9-16(21)20-15-8-3-2-7-14(15)17(22)19-13-6-4-5-12(18)11-13/h2-8,11H,9-10H2,1H3,(H,19,22)(H,20,21). The van der Waals surface area contributed by atoms with E-state index >= 15 is 0 Å². The number of rotatable bonds is 6. The lowest BCUT2D eigenvalue weighted by molar-refractivity contribution is -0.115. The molecule has 6 heteroatoms. The SMILES string of the molecule is CSCCC(=O)Nc1ccccc1C(=O)Nc1cccc(Cl)c1. The van der Waals surface area contributed by atoms with Crippen molar-refractivity contribution in [1.82, 2.24) is 0 Å². The smallest absolute Gasteiger partial charge is 0.257 e. The van der Waals surface area contributed by atoms with Gasteiger partial charge in [0.15, 0.2) is 0 Å². The summed E-state index contributed by atoms with van der Waals surface area (Å²) in [5, 5.41) is 6.10. The Kier molecular flexibility index (Phi) is 6.50. The van der Waals surface area contributed by atoms with Gasteiger partial charge in [-0.1, -0.05) is 29.8 Å². The highest BCUT2D eigenvalue weighted by atomic mass is 35.5. The topological polar surface area (TPSA) is 58.2 Å². The molecule has 0 saturated heterocycles. The molecule has 0 aliphatic heterocycles. The molecule has 0 aliphatic carbocycles. The number of halogens is 1. The molecule has 2 amide bonds. The average molecular weight is 349 g/mol. The number of hydrogen-bond donors (Lipinski definition) is 2. The molecule has 23 heavy (non-hydrogen) atoms. The summed E-state index contributed by atoms with van der Waals surface area (Å²) in [5.74, 6) is 0.332. The monoisotopic (exact) mass is 348 g/mol. The summed E-state index contributed by atoms with van der Waals surface area (Å²) < 4.78 is 0. The zero-order chi connectivity index (χ0) is 16.7. The fourth-order valence-electron chi connectivity index (χ4n) is 1.96. The molecule has 0 fully saturated rings. The Balaban J connectivity index is 2.12. The van der Waals surface area contributed by atoms with E-state index < -0.39 is 0 Å². The van der Waals surface area contributed by atoms with Crippen molar-refractivity contribution in [3.63, 3.8) is 0 Å². The number of carbonyl (C=O) groups excluding carboxylic acids is 2. The molecule has 4 nitrogen and oxygen atoms in total. The zero-order valence-corrected chi connectivity index (χ0v) is 14.2. The van der Waals surface area contributed by atoms with E-state index in [1.54, 1.807) is 60.3 Å². The van der Waals surface area contributed by atoms with Gasteiger partial charge in [-0.15, -0.1) is 0 Å². The number of thioether (sulfide) groups is 1. The summed E-state index contributed by atoms with van der Waals surface area (Å²) in [6.07, 6.45) is 2.35. The molecular formula is C17H17ClN2O2S. The van der Waals surface area contributed by atoms with Gasteiger partial charge in [0.25, 0.3) is 5.91 Å². The second kappa shape index (κ2) is 8.60. The molecule has 0 spiro atoms. The number of benzene rings is 2. The number of carbonyl (C=O) groups is 2. The largest absolute Gasteiger partial charge is 0.325 e. The molecule has 120 valence electrons. The van der Waals surface area contributed by atoms with Gasteiger partial charge in [0.2, 0.25) is 5.91 Å². The maximum absolute atomic E-state index is 12.4. The second-order valence-electron chi connectivity index (χ2n) is 4.80. The Labute approximate surface area is 144 Å². The second-order valence-corrected chi connectivity index (χ2v) is 6.22. The van der Waals surface area contributed by atoms with Crippen molar-refractivity contribution in [1.29, 1.82) is 0 Å². The minimum atomic E-state index is -0.298. The fourth-order valence-corrected chi connectivity index (χ4v) is 2.54. The number of anilines is 2. The van der Waals surface area contributed by atoms with Crippen molar-refractivity contribution < 1.29 is 9.59 Å². The average Bonchev–Trinajstić information content (AvgIpc) is 2.53. The van der Waals surface area contributed by atoms with Gasteiger partial charge in [-0.05, 0) is 36.6 Å². The first-order chi connectivity index (χ1) is 11.1. The molecule has 0 aliphatic rings. The third-order valence-corrected chi connectivity index (χ3v) is 3.91. The summed E-state index contributed by atoms with van der Waals surface area (Å²) in [4.78, 5) is 24.3. The molecule has 0 saturated carbocycles. The van der Waals surface area contributed by atoms with Gasteiger partial charge in [0.05, 0.1) is 11.3 Å². The van der Waals surface area contributed by atoms with Gasteiger partial charge in [-0.3, -0.25) is 9.59 Å². The van der Waals surface area contributed by atoms with E-state index in [1.165, 1.54) is 0 Å². The summed E-state index contributed by atoms with van der Waals surface area (Å²) in [6, 6.07) is 13.8. The first kappa shape index (κ1) is 17.4. The van der Waals surface area contributed by atoms with Crippen molar-refractivity contribution >= 4 is 46.6 Å². The van der Waals surface area contributed by atoms with Crippen LogP contribution < -0.4 is 10.6 Å². The van der Waals surface area contributed by atoms with Gasteiger partial charge in [-0.2, -0.15) is 11.8 Å². The van der Waals surface area contributed by atoms with E-state index in [4.69, 9.17) is 11.6 Å². The molecule has 2 aromatic carbocycles. The Morgan fingerprint density at radius 2 is 1.87 bits per heavy atom. The Bertz CT molecular complexity index is 706. The molecule has 0 radical (unpaired) electrons. The lowest BCUT2D eigenvalue weighted by atomic mass is 10.1. The first-order valence-electron chi connectivity index (χ1n) is 7.05. The number of nitrogens with one attached hydrogen (secondary N) is 2. The molecule has 0 bridgehead atoms. The van der Waals surface area contributed by atoms with E-state index in [-0.39, 0.29) is 11.8 Å².